The number of aliphatic imine (C=N–C) groups is 1. The molecular formula is C23H38N4O4. The van der Waals surface area contributed by atoms with Gasteiger partial charge in [-0.15, -0.1) is 0 Å². The van der Waals surface area contributed by atoms with Gasteiger partial charge in [-0.2, -0.15) is 4.90 Å². The summed E-state index contributed by atoms with van der Waals surface area (Å²) in [6.45, 7) is 16.4. The van der Waals surface area contributed by atoms with Crippen molar-refractivity contribution in [3.8, 4) is 0 Å². The first-order valence-electron chi connectivity index (χ1n) is 10.6. The first-order chi connectivity index (χ1) is 14.4. The molecule has 174 valence electrons. The van der Waals surface area contributed by atoms with Crippen LogP contribution in [0.3, 0.4) is 0 Å². The summed E-state index contributed by atoms with van der Waals surface area (Å²) in [6.07, 6.45) is 5.25. The first kappa shape index (κ1) is 28.2. The average molecular weight is 435 g/mol. The van der Waals surface area contributed by atoms with E-state index in [2.05, 4.69) is 21.9 Å². The molecule has 0 aliphatic heterocycles. The summed E-state index contributed by atoms with van der Waals surface area (Å²) in [7, 11) is 1.65. The van der Waals surface area contributed by atoms with Gasteiger partial charge < -0.3 is 9.47 Å². The third-order valence-electron chi connectivity index (χ3n) is 3.27. The molecule has 8 nitrogen and oxygen atoms in total. The zero-order valence-corrected chi connectivity index (χ0v) is 20.6. The lowest BCUT2D eigenvalue weighted by atomic mass is 10.2. The Morgan fingerprint density at radius 1 is 1.03 bits per heavy atom. The quantitative estimate of drug-likeness (QED) is 0.531. The number of anilines is 1. The fourth-order valence-corrected chi connectivity index (χ4v) is 2.12. The van der Waals surface area contributed by atoms with Crippen LogP contribution in [-0.4, -0.2) is 46.1 Å². The number of hydrogen-bond acceptors (Lipinski definition) is 7. The fourth-order valence-electron chi connectivity index (χ4n) is 2.12. The Bertz CT molecular complexity index is 747. The molecule has 0 fully saturated rings. The second-order valence-corrected chi connectivity index (χ2v) is 8.36. The number of rotatable bonds is 5. The highest BCUT2D eigenvalue weighted by Crippen LogP contribution is 2.20. The minimum atomic E-state index is -0.882. The normalized spacial score (nSPS) is 12.1. The van der Waals surface area contributed by atoms with Gasteiger partial charge in [-0.3, -0.25) is 4.99 Å². The number of unbranched alkanes of at least 4 members (excludes halogenated alkanes) is 1. The molecule has 2 amide bonds. The summed E-state index contributed by atoms with van der Waals surface area (Å²) in [4.78, 5) is 38.8. The summed E-state index contributed by atoms with van der Waals surface area (Å²) in [5.41, 5.74) is -0.518. The third kappa shape index (κ3) is 10.7. The molecule has 0 atom stereocenters. The van der Waals surface area contributed by atoms with Gasteiger partial charge in [0.05, 0.1) is 11.4 Å². The van der Waals surface area contributed by atoms with E-state index in [0.29, 0.717) is 11.4 Å². The maximum atomic E-state index is 12.7. The number of hydrogen-bond donors (Lipinski definition) is 0. The summed E-state index contributed by atoms with van der Waals surface area (Å²) in [5.74, 6) is 0.0449. The van der Waals surface area contributed by atoms with Crippen LogP contribution in [0, 0.1) is 0 Å². The Hall–Kier alpha value is -2.77. The van der Waals surface area contributed by atoms with Gasteiger partial charge in [-0.25, -0.2) is 19.6 Å². The molecule has 0 unspecified atom stereocenters. The number of amides is 2. The van der Waals surface area contributed by atoms with E-state index in [1.807, 2.05) is 26.0 Å². The average Bonchev–Trinajstić information content (AvgIpc) is 2.64. The van der Waals surface area contributed by atoms with Crippen LogP contribution in [0.5, 0.6) is 0 Å². The Balaban J connectivity index is 0.00000436. The number of imide groups is 1. The SMILES string of the molecule is CC.CCC/C=C\C(=NC)c1cc(N(C(=O)OC(C)(C)C)C(=O)OC(C)(C)C)ncn1. The Kier molecular flexibility index (Phi) is 11.7. The largest absolute Gasteiger partial charge is 0.443 e. The van der Waals surface area contributed by atoms with Crippen LogP contribution in [0.1, 0.15) is 80.8 Å². The Morgan fingerprint density at radius 3 is 1.97 bits per heavy atom. The predicted octanol–water partition coefficient (Wildman–Crippen LogP) is 5.95. The van der Waals surface area contributed by atoms with Crippen molar-refractivity contribution < 1.29 is 19.1 Å². The van der Waals surface area contributed by atoms with Gasteiger partial charge in [-0.1, -0.05) is 33.3 Å². The third-order valence-corrected chi connectivity index (χ3v) is 3.27. The number of ether oxygens (including phenoxy) is 2. The highest BCUT2D eigenvalue weighted by atomic mass is 16.6. The molecule has 1 aromatic rings. The zero-order valence-electron chi connectivity index (χ0n) is 20.6. The summed E-state index contributed by atoms with van der Waals surface area (Å²) < 4.78 is 10.8. The number of carbonyl (C=O) groups excluding carboxylic acids is 2. The van der Waals surface area contributed by atoms with E-state index in [1.165, 1.54) is 12.4 Å². The summed E-state index contributed by atoms with van der Waals surface area (Å²) in [6, 6.07) is 1.51. The van der Waals surface area contributed by atoms with Crippen LogP contribution in [0.2, 0.25) is 0 Å². The van der Waals surface area contributed by atoms with Crippen LogP contribution < -0.4 is 4.90 Å². The van der Waals surface area contributed by atoms with Crippen LogP contribution in [0.25, 0.3) is 0 Å². The van der Waals surface area contributed by atoms with Crippen molar-refractivity contribution in [3.05, 3.63) is 30.2 Å². The molecule has 0 aliphatic rings. The zero-order chi connectivity index (χ0) is 24.2. The monoisotopic (exact) mass is 434 g/mol. The molecular weight excluding hydrogens is 396 g/mol. The molecule has 1 heterocycles. The van der Waals surface area contributed by atoms with Crippen molar-refractivity contribution in [2.75, 3.05) is 11.9 Å². The lowest BCUT2D eigenvalue weighted by molar-refractivity contribution is 0.0429. The van der Waals surface area contributed by atoms with E-state index >= 15 is 0 Å². The predicted molar refractivity (Wildman–Crippen MR) is 125 cm³/mol. The minimum Gasteiger partial charge on any atom is -0.443 e. The number of carbonyl (C=O) groups is 2. The fraction of sp³-hybridized carbons (Fsp3) is 0.609. The molecule has 0 N–H and O–H groups in total. The maximum absolute atomic E-state index is 12.7. The molecule has 31 heavy (non-hydrogen) atoms. The van der Waals surface area contributed by atoms with E-state index in [0.717, 1.165) is 17.7 Å². The molecule has 0 spiro atoms. The van der Waals surface area contributed by atoms with Gasteiger partial charge in [0.25, 0.3) is 0 Å². The van der Waals surface area contributed by atoms with E-state index in [9.17, 15) is 9.59 Å². The molecule has 0 radical (unpaired) electrons. The lowest BCUT2D eigenvalue weighted by Crippen LogP contribution is -2.44. The second-order valence-electron chi connectivity index (χ2n) is 8.36. The van der Waals surface area contributed by atoms with Crippen molar-refractivity contribution in [2.24, 2.45) is 4.99 Å². The standard InChI is InChI=1S/C21H32N4O4.C2H6/c1-9-10-11-12-15(22-8)16-13-17(24-14-23-16)25(18(26)28-20(2,3)4)19(27)29-21(5,6)7;1-2/h11-14H,9-10H2,1-8H3;1-2H3/b12-11-,22-15?;. The van der Waals surface area contributed by atoms with E-state index < -0.39 is 23.4 Å². The summed E-state index contributed by atoms with van der Waals surface area (Å²) in [5, 5.41) is 0. The van der Waals surface area contributed by atoms with E-state index in [1.54, 1.807) is 48.6 Å². The van der Waals surface area contributed by atoms with Gasteiger partial charge in [0.15, 0.2) is 5.82 Å². The molecule has 0 aliphatic carbocycles. The molecule has 0 saturated carbocycles. The molecule has 0 aromatic carbocycles. The van der Waals surface area contributed by atoms with Crippen molar-refractivity contribution >= 4 is 23.7 Å². The van der Waals surface area contributed by atoms with Crippen molar-refractivity contribution in [1.82, 2.24) is 9.97 Å². The van der Waals surface area contributed by atoms with Crippen LogP contribution in [0.15, 0.2) is 29.5 Å². The van der Waals surface area contributed by atoms with Gasteiger partial charge in [-0.05, 0) is 54.0 Å². The molecule has 1 rings (SSSR count). The Morgan fingerprint density at radius 2 is 1.55 bits per heavy atom. The number of nitrogens with zero attached hydrogens (tertiary/aromatic N) is 4. The van der Waals surface area contributed by atoms with Crippen molar-refractivity contribution in [1.29, 1.82) is 0 Å². The van der Waals surface area contributed by atoms with Crippen LogP contribution in [0.4, 0.5) is 15.4 Å². The molecule has 0 saturated heterocycles. The highest BCUT2D eigenvalue weighted by molar-refractivity contribution is 6.11. The maximum Gasteiger partial charge on any atom is 0.425 e. The van der Waals surface area contributed by atoms with Gasteiger partial charge in [0, 0.05) is 13.1 Å². The molecule has 1 aromatic heterocycles. The van der Waals surface area contributed by atoms with Crippen LogP contribution >= 0.6 is 0 Å². The topological polar surface area (TPSA) is 94.0 Å². The number of aromatic nitrogens is 2. The lowest BCUT2D eigenvalue weighted by Gasteiger charge is -2.28. The molecule has 8 heteroatoms. The van der Waals surface area contributed by atoms with Gasteiger partial charge in [0.1, 0.15) is 17.5 Å². The van der Waals surface area contributed by atoms with E-state index in [4.69, 9.17) is 9.47 Å². The highest BCUT2D eigenvalue weighted by Gasteiger charge is 2.33. The molecule has 0 bridgehead atoms. The van der Waals surface area contributed by atoms with Crippen molar-refractivity contribution in [3.63, 3.8) is 0 Å². The van der Waals surface area contributed by atoms with Crippen molar-refractivity contribution in [2.45, 2.75) is 86.4 Å². The smallest absolute Gasteiger partial charge is 0.425 e. The minimum absolute atomic E-state index is 0.0449. The Labute approximate surface area is 186 Å². The first-order valence-corrected chi connectivity index (χ1v) is 10.6. The van der Waals surface area contributed by atoms with Gasteiger partial charge in [0.2, 0.25) is 0 Å². The van der Waals surface area contributed by atoms with E-state index in [-0.39, 0.29) is 5.82 Å². The number of allylic oxidation sites excluding steroid dienone is 2. The second kappa shape index (κ2) is 12.8. The van der Waals surface area contributed by atoms with Crippen LogP contribution in [-0.2, 0) is 9.47 Å². The van der Waals surface area contributed by atoms with Gasteiger partial charge >= 0.3 is 12.2 Å². The summed E-state index contributed by atoms with van der Waals surface area (Å²) >= 11 is 0.